The van der Waals surface area contributed by atoms with Crippen LogP contribution in [0.4, 0.5) is 10.3 Å². The van der Waals surface area contributed by atoms with Gasteiger partial charge in [0.25, 0.3) is 0 Å². The van der Waals surface area contributed by atoms with Crippen molar-refractivity contribution in [3.05, 3.63) is 46.9 Å². The van der Waals surface area contributed by atoms with Crippen molar-refractivity contribution in [3.63, 3.8) is 0 Å². The molecule has 2 aromatic rings. The number of tetrazole rings is 1. The largest absolute Gasteiger partial charge is 0.462 e. The molecule has 1 unspecified atom stereocenters. The first kappa shape index (κ1) is 16.1. The van der Waals surface area contributed by atoms with Gasteiger partial charge in [0.2, 0.25) is 5.95 Å². The summed E-state index contributed by atoms with van der Waals surface area (Å²) in [5.41, 5.74) is 1.52. The van der Waals surface area contributed by atoms with Crippen LogP contribution in [-0.2, 0) is 9.53 Å². The molecule has 0 saturated carbocycles. The van der Waals surface area contributed by atoms with Crippen LogP contribution in [0.25, 0.3) is 0 Å². The van der Waals surface area contributed by atoms with Crippen LogP contribution in [0.2, 0.25) is 0 Å². The summed E-state index contributed by atoms with van der Waals surface area (Å²) in [4.78, 5) is 12.6. The van der Waals surface area contributed by atoms with Gasteiger partial charge in [-0.3, -0.25) is 0 Å². The van der Waals surface area contributed by atoms with Gasteiger partial charge in [0.05, 0.1) is 12.2 Å². The van der Waals surface area contributed by atoms with E-state index in [1.807, 2.05) is 13.8 Å². The molecule has 24 heavy (non-hydrogen) atoms. The third kappa shape index (κ3) is 2.99. The van der Waals surface area contributed by atoms with E-state index >= 15 is 0 Å². The molecule has 1 aromatic heterocycles. The van der Waals surface area contributed by atoms with Gasteiger partial charge in [-0.05, 0) is 41.0 Å². The van der Waals surface area contributed by atoms with Gasteiger partial charge in [-0.1, -0.05) is 31.1 Å². The van der Waals surface area contributed by atoms with E-state index in [1.165, 1.54) is 16.8 Å². The van der Waals surface area contributed by atoms with Gasteiger partial charge in [-0.15, -0.1) is 0 Å². The number of hydrogen-bond donors (Lipinski definition) is 1. The number of allylic oxidation sites excluding steroid dienone is 1. The Labute approximate surface area is 138 Å². The SMILES string of the molecule is CC1=C(C(=O)OCC(C)C)C(c2cccc(F)c2)n2nnnc2N1. The fraction of sp³-hybridized carbons (Fsp3) is 0.375. The molecule has 0 spiro atoms. The number of nitrogens with one attached hydrogen (secondary N) is 1. The second-order valence-corrected chi connectivity index (χ2v) is 6.06. The maximum atomic E-state index is 13.7. The fourth-order valence-corrected chi connectivity index (χ4v) is 2.58. The Kier molecular flexibility index (Phi) is 4.28. The number of anilines is 1. The summed E-state index contributed by atoms with van der Waals surface area (Å²) in [6.07, 6.45) is 0. The van der Waals surface area contributed by atoms with E-state index < -0.39 is 17.8 Å². The van der Waals surface area contributed by atoms with Crippen molar-refractivity contribution >= 4 is 11.9 Å². The number of fused-ring (bicyclic) bond motifs is 1. The second kappa shape index (κ2) is 6.38. The minimum atomic E-state index is -0.647. The Bertz CT molecular complexity index is 799. The molecule has 2 heterocycles. The van der Waals surface area contributed by atoms with Crippen molar-refractivity contribution in [1.29, 1.82) is 0 Å². The molecule has 1 aromatic carbocycles. The highest BCUT2D eigenvalue weighted by Gasteiger charge is 2.35. The first-order valence-electron chi connectivity index (χ1n) is 7.65. The van der Waals surface area contributed by atoms with Crippen LogP contribution in [0.5, 0.6) is 0 Å². The summed E-state index contributed by atoms with van der Waals surface area (Å²) in [6, 6.07) is 5.38. The molecule has 3 rings (SSSR count). The van der Waals surface area contributed by atoms with Crippen LogP contribution >= 0.6 is 0 Å². The van der Waals surface area contributed by atoms with Gasteiger partial charge < -0.3 is 10.1 Å². The van der Waals surface area contributed by atoms with Crippen molar-refractivity contribution in [2.75, 3.05) is 11.9 Å². The maximum absolute atomic E-state index is 13.7. The first-order valence-corrected chi connectivity index (χ1v) is 7.65. The van der Waals surface area contributed by atoms with E-state index in [2.05, 4.69) is 20.8 Å². The van der Waals surface area contributed by atoms with Crippen molar-refractivity contribution in [2.24, 2.45) is 5.92 Å². The number of benzene rings is 1. The number of nitrogens with zero attached hydrogens (tertiary/aromatic N) is 4. The molecule has 0 amide bonds. The molecule has 7 nitrogen and oxygen atoms in total. The van der Waals surface area contributed by atoms with Crippen LogP contribution in [0, 0.1) is 11.7 Å². The Balaban J connectivity index is 2.05. The predicted molar refractivity (Wildman–Crippen MR) is 84.5 cm³/mol. The lowest BCUT2D eigenvalue weighted by atomic mass is 9.96. The lowest BCUT2D eigenvalue weighted by Gasteiger charge is -2.27. The third-order valence-electron chi connectivity index (χ3n) is 3.65. The Morgan fingerprint density at radius 3 is 2.96 bits per heavy atom. The van der Waals surface area contributed by atoms with Gasteiger partial charge in [0, 0.05) is 5.70 Å². The number of aromatic nitrogens is 4. The average molecular weight is 331 g/mol. The minimum Gasteiger partial charge on any atom is -0.462 e. The molecule has 0 fully saturated rings. The third-order valence-corrected chi connectivity index (χ3v) is 3.65. The molecule has 1 aliphatic rings. The van der Waals surface area contributed by atoms with E-state index in [0.29, 0.717) is 29.4 Å². The quantitative estimate of drug-likeness (QED) is 0.866. The Hall–Kier alpha value is -2.77. The average Bonchev–Trinajstić information content (AvgIpc) is 2.99. The molecule has 1 N–H and O–H groups in total. The van der Waals surface area contributed by atoms with E-state index in [9.17, 15) is 9.18 Å². The van der Waals surface area contributed by atoms with E-state index in [-0.39, 0.29) is 5.92 Å². The highest BCUT2D eigenvalue weighted by molar-refractivity contribution is 5.92. The maximum Gasteiger partial charge on any atom is 0.338 e. The second-order valence-electron chi connectivity index (χ2n) is 6.06. The minimum absolute atomic E-state index is 0.211. The summed E-state index contributed by atoms with van der Waals surface area (Å²) in [5.74, 6) is -0.262. The molecule has 126 valence electrons. The summed E-state index contributed by atoms with van der Waals surface area (Å²) < 4.78 is 20.5. The monoisotopic (exact) mass is 331 g/mol. The molecular weight excluding hydrogens is 313 g/mol. The van der Waals surface area contributed by atoms with Crippen LogP contribution < -0.4 is 5.32 Å². The summed E-state index contributed by atoms with van der Waals surface area (Å²) in [7, 11) is 0. The molecule has 1 aliphatic heterocycles. The normalized spacial score (nSPS) is 16.8. The van der Waals surface area contributed by atoms with Crippen LogP contribution in [0.3, 0.4) is 0 Å². The van der Waals surface area contributed by atoms with Crippen LogP contribution in [0.1, 0.15) is 32.4 Å². The number of halogens is 1. The van der Waals surface area contributed by atoms with E-state index in [0.717, 1.165) is 0 Å². The fourth-order valence-electron chi connectivity index (χ4n) is 2.58. The van der Waals surface area contributed by atoms with Gasteiger partial charge in [-0.25, -0.2) is 9.18 Å². The number of rotatable bonds is 4. The summed E-state index contributed by atoms with van der Waals surface area (Å²) >= 11 is 0. The summed E-state index contributed by atoms with van der Waals surface area (Å²) in [6.45, 7) is 5.96. The number of hydrogen-bond acceptors (Lipinski definition) is 6. The van der Waals surface area contributed by atoms with Gasteiger partial charge in [0.15, 0.2) is 0 Å². The highest BCUT2D eigenvalue weighted by atomic mass is 19.1. The highest BCUT2D eigenvalue weighted by Crippen LogP contribution is 2.35. The number of esters is 1. The molecular formula is C16H18FN5O2. The zero-order valence-corrected chi connectivity index (χ0v) is 13.7. The molecule has 1 atom stereocenters. The predicted octanol–water partition coefficient (Wildman–Crippen LogP) is 2.30. The van der Waals surface area contributed by atoms with Crippen molar-refractivity contribution in [1.82, 2.24) is 20.2 Å². The van der Waals surface area contributed by atoms with Crippen LogP contribution in [-0.4, -0.2) is 32.8 Å². The van der Waals surface area contributed by atoms with Gasteiger partial charge in [0.1, 0.15) is 11.9 Å². The molecule has 0 saturated heterocycles. The summed E-state index contributed by atoms with van der Waals surface area (Å²) in [5, 5.41) is 14.4. The van der Waals surface area contributed by atoms with Gasteiger partial charge in [-0.2, -0.15) is 4.68 Å². The number of carbonyl (C=O) groups excluding carboxylic acids is 1. The van der Waals surface area contributed by atoms with Crippen molar-refractivity contribution in [2.45, 2.75) is 26.8 Å². The first-order chi connectivity index (χ1) is 11.5. The van der Waals surface area contributed by atoms with Crippen molar-refractivity contribution in [3.8, 4) is 0 Å². The Morgan fingerprint density at radius 1 is 1.46 bits per heavy atom. The number of ether oxygens (including phenoxy) is 1. The zero-order chi connectivity index (χ0) is 17.3. The standard InChI is InChI=1S/C16H18FN5O2/c1-9(2)8-24-15(23)13-10(3)18-16-19-20-21-22(16)14(13)11-5-4-6-12(17)7-11/h4-7,9,14H,8H2,1-3H3,(H,18,19,21). The molecule has 8 heteroatoms. The Morgan fingerprint density at radius 2 is 2.25 bits per heavy atom. The zero-order valence-electron chi connectivity index (χ0n) is 13.7. The van der Waals surface area contributed by atoms with E-state index in [4.69, 9.17) is 4.74 Å². The molecule has 0 radical (unpaired) electrons. The smallest absolute Gasteiger partial charge is 0.338 e. The van der Waals surface area contributed by atoms with Gasteiger partial charge >= 0.3 is 5.97 Å². The lowest BCUT2D eigenvalue weighted by molar-refractivity contribution is -0.140. The topological polar surface area (TPSA) is 81.9 Å². The number of carbonyl (C=O) groups is 1. The molecule has 0 aliphatic carbocycles. The van der Waals surface area contributed by atoms with Crippen molar-refractivity contribution < 1.29 is 13.9 Å². The lowest BCUT2D eigenvalue weighted by Crippen LogP contribution is -2.30. The molecule has 0 bridgehead atoms. The van der Waals surface area contributed by atoms with Crippen LogP contribution in [0.15, 0.2) is 35.5 Å². The van der Waals surface area contributed by atoms with E-state index in [1.54, 1.807) is 19.1 Å².